The predicted octanol–water partition coefficient (Wildman–Crippen LogP) is 4.39. The lowest BCUT2D eigenvalue weighted by Crippen LogP contribution is -2.43. The van der Waals surface area contributed by atoms with E-state index in [-0.39, 0.29) is 23.4 Å². The number of piperazine rings is 1. The summed E-state index contributed by atoms with van der Waals surface area (Å²) in [6.45, 7) is 4.79. The minimum atomic E-state index is -4.55. The Hall–Kier alpha value is -4.27. The average molecular weight is 560 g/mol. The number of aromatic nitrogens is 4. The summed E-state index contributed by atoms with van der Waals surface area (Å²) < 4.78 is 43.6. The molecule has 11 heteroatoms. The van der Waals surface area contributed by atoms with Gasteiger partial charge in [-0.3, -0.25) is 19.1 Å². The fourth-order valence-corrected chi connectivity index (χ4v) is 4.93. The molecule has 3 aromatic heterocycles. The zero-order valence-electron chi connectivity index (χ0n) is 22.4. The van der Waals surface area contributed by atoms with Gasteiger partial charge in [0.15, 0.2) is 5.65 Å². The van der Waals surface area contributed by atoms with Gasteiger partial charge in [-0.25, -0.2) is 0 Å². The zero-order valence-corrected chi connectivity index (χ0v) is 22.4. The number of carbonyl (C=O) groups is 1. The quantitative estimate of drug-likeness (QED) is 0.353. The molecule has 1 aromatic carbocycles. The number of halogens is 3. The molecule has 1 aliphatic heterocycles. The summed E-state index contributed by atoms with van der Waals surface area (Å²) in [7, 11) is 0. The fourth-order valence-electron chi connectivity index (χ4n) is 4.93. The van der Waals surface area contributed by atoms with Crippen LogP contribution in [-0.2, 0) is 12.7 Å². The molecule has 1 aliphatic carbocycles. The van der Waals surface area contributed by atoms with Crippen LogP contribution in [0.5, 0.6) is 0 Å². The molecule has 2 fully saturated rings. The third-order valence-electron chi connectivity index (χ3n) is 7.41. The molecule has 0 atom stereocenters. The second-order valence-corrected chi connectivity index (χ2v) is 10.4. The van der Waals surface area contributed by atoms with E-state index in [1.807, 2.05) is 21.6 Å². The predicted molar refractivity (Wildman–Crippen MR) is 147 cm³/mol. The highest BCUT2D eigenvalue weighted by Crippen LogP contribution is 2.40. The van der Waals surface area contributed by atoms with Crippen LogP contribution in [-0.4, -0.2) is 56.6 Å². The van der Waals surface area contributed by atoms with Crippen LogP contribution in [0.4, 0.5) is 18.9 Å². The van der Waals surface area contributed by atoms with Gasteiger partial charge >= 0.3 is 6.18 Å². The summed E-state index contributed by atoms with van der Waals surface area (Å²) in [4.78, 5) is 19.3. The minimum absolute atomic E-state index is 0.0565. The first-order chi connectivity index (χ1) is 19.7. The van der Waals surface area contributed by atoms with Crippen molar-refractivity contribution in [1.29, 1.82) is 0 Å². The van der Waals surface area contributed by atoms with E-state index < -0.39 is 17.6 Å². The third kappa shape index (κ3) is 6.09. The lowest BCUT2D eigenvalue weighted by Gasteiger charge is -2.28. The van der Waals surface area contributed by atoms with E-state index in [1.54, 1.807) is 13.0 Å². The molecule has 2 N–H and O–H groups in total. The number of pyridine rings is 2. The Bertz CT molecular complexity index is 1680. The molecule has 1 amide bonds. The minimum Gasteiger partial charge on any atom is -0.322 e. The Morgan fingerprint density at radius 2 is 1.90 bits per heavy atom. The Kier molecular flexibility index (Phi) is 7.19. The summed E-state index contributed by atoms with van der Waals surface area (Å²) in [5.41, 5.74) is 2.70. The normalized spacial score (nSPS) is 15.9. The Morgan fingerprint density at radius 1 is 1.10 bits per heavy atom. The van der Waals surface area contributed by atoms with E-state index in [4.69, 9.17) is 0 Å². The molecule has 8 nitrogen and oxygen atoms in total. The zero-order chi connectivity index (χ0) is 28.6. The van der Waals surface area contributed by atoms with Crippen LogP contribution < -0.4 is 10.6 Å². The second-order valence-electron chi connectivity index (χ2n) is 10.4. The largest absolute Gasteiger partial charge is 0.416 e. The van der Waals surface area contributed by atoms with Crippen molar-refractivity contribution in [2.24, 2.45) is 0 Å². The highest BCUT2D eigenvalue weighted by Gasteiger charge is 2.34. The lowest BCUT2D eigenvalue weighted by molar-refractivity contribution is -0.138. The molecule has 0 radical (unpaired) electrons. The molecule has 4 aromatic rings. The van der Waals surface area contributed by atoms with E-state index in [0.717, 1.165) is 19.2 Å². The number of alkyl halides is 3. The Balaban J connectivity index is 1.22. The molecular formula is C30H28F3N7O. The molecule has 1 saturated heterocycles. The van der Waals surface area contributed by atoms with Crippen LogP contribution in [0.3, 0.4) is 0 Å². The van der Waals surface area contributed by atoms with E-state index in [2.05, 4.69) is 43.7 Å². The van der Waals surface area contributed by atoms with Gasteiger partial charge in [0.1, 0.15) is 0 Å². The summed E-state index contributed by atoms with van der Waals surface area (Å²) in [6.07, 6.45) is 1.19. The van der Waals surface area contributed by atoms with Gasteiger partial charge in [0, 0.05) is 56.4 Å². The third-order valence-corrected chi connectivity index (χ3v) is 7.41. The molecule has 6 rings (SSSR count). The van der Waals surface area contributed by atoms with Crippen LogP contribution in [0.2, 0.25) is 0 Å². The van der Waals surface area contributed by atoms with Gasteiger partial charge in [-0.1, -0.05) is 18.1 Å². The first-order valence-electron chi connectivity index (χ1n) is 13.5. The van der Waals surface area contributed by atoms with Crippen molar-refractivity contribution >= 4 is 17.2 Å². The number of aryl methyl sites for hydroxylation is 1. The van der Waals surface area contributed by atoms with Crippen molar-refractivity contribution in [3.8, 4) is 11.8 Å². The van der Waals surface area contributed by atoms with Crippen LogP contribution in [0.25, 0.3) is 5.65 Å². The van der Waals surface area contributed by atoms with Crippen molar-refractivity contribution in [2.45, 2.75) is 38.4 Å². The van der Waals surface area contributed by atoms with E-state index in [1.165, 1.54) is 36.7 Å². The van der Waals surface area contributed by atoms with Gasteiger partial charge in [-0.15, -0.1) is 10.2 Å². The fraction of sp³-hybridized carbons (Fsp3) is 0.333. The van der Waals surface area contributed by atoms with Gasteiger partial charge in [0.05, 0.1) is 16.8 Å². The van der Waals surface area contributed by atoms with Gasteiger partial charge in [-0.2, -0.15) is 13.2 Å². The molecule has 1 saturated carbocycles. The highest BCUT2D eigenvalue weighted by atomic mass is 19.4. The van der Waals surface area contributed by atoms with Crippen molar-refractivity contribution in [2.75, 3.05) is 31.5 Å². The van der Waals surface area contributed by atoms with Crippen LogP contribution >= 0.6 is 0 Å². The number of fused-ring (bicyclic) bond motifs is 1. The van der Waals surface area contributed by atoms with E-state index in [0.29, 0.717) is 41.7 Å². The maximum Gasteiger partial charge on any atom is 0.416 e. The lowest BCUT2D eigenvalue weighted by atomic mass is 10.0. The molecule has 4 heterocycles. The Morgan fingerprint density at radius 3 is 2.66 bits per heavy atom. The topological polar surface area (TPSA) is 87.5 Å². The number of benzene rings is 1. The number of hydrogen-bond donors (Lipinski definition) is 2. The van der Waals surface area contributed by atoms with Gasteiger partial charge in [0.2, 0.25) is 5.82 Å². The monoisotopic (exact) mass is 559 g/mol. The highest BCUT2D eigenvalue weighted by molar-refractivity contribution is 6.04. The summed E-state index contributed by atoms with van der Waals surface area (Å²) in [5, 5.41) is 14.1. The van der Waals surface area contributed by atoms with Crippen molar-refractivity contribution in [3.63, 3.8) is 0 Å². The first-order valence-corrected chi connectivity index (χ1v) is 13.5. The first kappa shape index (κ1) is 26.9. The molecule has 0 spiro atoms. The number of amides is 1. The standard InChI is InChI=1S/C30H28F3N7O/c1-19-21(5-8-27-37-38-28-9-6-22(18-40(27)28)20-2-3-20)14-24(16-35-19)29(41)36-25-7-4-23(26(15-25)30(31,32)33)17-39-12-10-34-11-13-39/h4,6-7,9,14-16,18,20,34H,2-3,10-13,17H2,1H3,(H,36,41). The number of carbonyl (C=O) groups excluding carboxylic acids is 1. The van der Waals surface area contributed by atoms with Gasteiger partial charge in [0.25, 0.3) is 5.91 Å². The van der Waals surface area contributed by atoms with Crippen LogP contribution in [0.15, 0.2) is 48.8 Å². The average Bonchev–Trinajstić information content (AvgIpc) is 3.73. The van der Waals surface area contributed by atoms with Gasteiger partial charge in [-0.05, 0) is 67.0 Å². The number of nitrogens with one attached hydrogen (secondary N) is 2. The number of rotatable bonds is 5. The molecular weight excluding hydrogens is 531 g/mol. The number of nitrogens with zero attached hydrogens (tertiary/aromatic N) is 5. The van der Waals surface area contributed by atoms with Crippen molar-refractivity contribution in [3.05, 3.63) is 88.1 Å². The number of anilines is 1. The molecule has 41 heavy (non-hydrogen) atoms. The van der Waals surface area contributed by atoms with Crippen LogP contribution in [0.1, 0.15) is 62.9 Å². The molecule has 2 aliphatic rings. The van der Waals surface area contributed by atoms with Crippen LogP contribution in [0, 0.1) is 18.8 Å². The maximum atomic E-state index is 13.9. The molecule has 210 valence electrons. The van der Waals surface area contributed by atoms with Gasteiger partial charge < -0.3 is 10.6 Å². The maximum absolute atomic E-state index is 13.9. The summed E-state index contributed by atoms with van der Waals surface area (Å²) in [5.74, 6) is 6.52. The smallest absolute Gasteiger partial charge is 0.322 e. The SMILES string of the molecule is Cc1ncc(C(=O)Nc2ccc(CN3CCNCC3)c(C(F)(F)F)c2)cc1C#Cc1nnc2ccc(C3CC3)cn12. The summed E-state index contributed by atoms with van der Waals surface area (Å²) in [6, 6.07) is 9.48. The Labute approximate surface area is 235 Å². The second kappa shape index (κ2) is 11.0. The van der Waals surface area contributed by atoms with E-state index in [9.17, 15) is 18.0 Å². The molecule has 0 bridgehead atoms. The molecule has 0 unspecified atom stereocenters. The van der Waals surface area contributed by atoms with Crippen molar-refractivity contribution < 1.29 is 18.0 Å². The van der Waals surface area contributed by atoms with E-state index >= 15 is 0 Å². The van der Waals surface area contributed by atoms with Crippen molar-refractivity contribution in [1.82, 2.24) is 29.8 Å². The summed E-state index contributed by atoms with van der Waals surface area (Å²) >= 11 is 0. The number of hydrogen-bond acceptors (Lipinski definition) is 6.